The maximum Gasteiger partial charge on any atom is 2.00 e. The van der Waals surface area contributed by atoms with Crippen molar-refractivity contribution in [2.75, 3.05) is 0 Å². The normalized spacial score (nSPS) is 9.45. The van der Waals surface area contributed by atoms with Crippen molar-refractivity contribution >= 4 is 61.6 Å². The van der Waals surface area contributed by atoms with Crippen LogP contribution < -0.4 is 10.2 Å². The summed E-state index contributed by atoms with van der Waals surface area (Å²) in [5, 5.41) is 20.7. The Labute approximate surface area is 223 Å². The van der Waals surface area contributed by atoms with Gasteiger partial charge in [0.25, 0.3) is 0 Å². The van der Waals surface area contributed by atoms with Crippen LogP contribution in [0.1, 0.15) is 51.4 Å². The zero-order valence-corrected chi connectivity index (χ0v) is 20.9. The molecule has 9 heteroatoms. The molecular formula is C24H28CaN2O6. The number of aromatic nitrogens is 2. The Morgan fingerprint density at radius 1 is 0.606 bits per heavy atom. The van der Waals surface area contributed by atoms with Gasteiger partial charge in [-0.15, -0.1) is 0 Å². The quantitative estimate of drug-likeness (QED) is 0.170. The minimum Gasteiger partial charge on any atom is -0.544 e. The fourth-order valence-electron chi connectivity index (χ4n) is 2.97. The Morgan fingerprint density at radius 3 is 1.21 bits per heavy atom. The molecule has 0 N–H and O–H groups in total. The van der Waals surface area contributed by atoms with Crippen molar-refractivity contribution in [1.82, 2.24) is 9.13 Å². The molecule has 2 aromatic heterocycles. The van der Waals surface area contributed by atoms with Crippen molar-refractivity contribution in [2.24, 2.45) is 0 Å². The van der Waals surface area contributed by atoms with Crippen molar-refractivity contribution in [3.63, 3.8) is 0 Å². The second-order valence-electron chi connectivity index (χ2n) is 7.20. The monoisotopic (exact) mass is 480 g/mol. The van der Waals surface area contributed by atoms with Crippen LogP contribution in [0.5, 0.6) is 0 Å². The van der Waals surface area contributed by atoms with Gasteiger partial charge < -0.3 is 28.9 Å². The molecule has 0 aliphatic rings. The summed E-state index contributed by atoms with van der Waals surface area (Å²) in [6.45, 7) is 1.83. The molecule has 0 amide bonds. The topological polar surface area (TPSA) is 124 Å². The summed E-state index contributed by atoms with van der Waals surface area (Å²) in [6.07, 6.45) is 13.5. The number of aliphatic carboxylic acids is 2. The smallest absolute Gasteiger partial charge is 0.544 e. The zero-order chi connectivity index (χ0) is 23.6. The first-order chi connectivity index (χ1) is 15.5. The summed E-state index contributed by atoms with van der Waals surface area (Å²) in [5.74, 6) is 0.00597. The van der Waals surface area contributed by atoms with Gasteiger partial charge >= 0.3 is 37.7 Å². The third-order valence-electron chi connectivity index (χ3n) is 4.76. The van der Waals surface area contributed by atoms with Crippen molar-refractivity contribution in [2.45, 2.75) is 64.5 Å². The van der Waals surface area contributed by atoms with Crippen LogP contribution >= 0.6 is 0 Å². The van der Waals surface area contributed by atoms with E-state index in [0.717, 1.165) is 38.8 Å². The molecule has 172 valence electrons. The Bertz CT molecular complexity index is 833. The minimum atomic E-state index is -1.40. The van der Waals surface area contributed by atoms with Crippen LogP contribution in [0.3, 0.4) is 0 Å². The molecule has 0 saturated heterocycles. The summed E-state index contributed by atoms with van der Waals surface area (Å²) >= 11 is 0. The molecule has 0 spiro atoms. The molecule has 2 rings (SSSR count). The number of carboxylic acids is 2. The van der Waals surface area contributed by atoms with E-state index in [0.29, 0.717) is 12.8 Å². The van der Waals surface area contributed by atoms with Crippen LogP contribution in [-0.4, -0.2) is 70.7 Å². The van der Waals surface area contributed by atoms with E-state index in [-0.39, 0.29) is 61.7 Å². The van der Waals surface area contributed by atoms with Gasteiger partial charge in [0.15, 0.2) is 0 Å². The van der Waals surface area contributed by atoms with Crippen LogP contribution in [0.25, 0.3) is 0 Å². The van der Waals surface area contributed by atoms with Crippen molar-refractivity contribution in [3.05, 3.63) is 60.2 Å². The molecular weight excluding hydrogens is 452 g/mol. The molecule has 0 saturated carbocycles. The molecule has 0 radical (unpaired) electrons. The number of carbonyl (C=O) groups excluding carboxylic acids is 4. The summed E-state index contributed by atoms with van der Waals surface area (Å²) in [6, 6.07) is 7.85. The van der Waals surface area contributed by atoms with Crippen LogP contribution in [-0.2, 0) is 32.3 Å². The van der Waals surface area contributed by atoms with Gasteiger partial charge in [-0.3, -0.25) is 0 Å². The molecule has 0 aliphatic heterocycles. The van der Waals surface area contributed by atoms with Crippen molar-refractivity contribution in [1.29, 1.82) is 0 Å². The third kappa shape index (κ3) is 14.4. The SMILES string of the molecule is O=C=C(CCCCCn1cccc1)C(=O)[O-].O=C=C(CCCCCn1cccc1)C(=O)[O-].[Ca+2]. The number of hydrogen-bond donors (Lipinski definition) is 0. The zero-order valence-electron chi connectivity index (χ0n) is 18.7. The summed E-state index contributed by atoms with van der Waals surface area (Å²) in [4.78, 5) is 41.2. The van der Waals surface area contributed by atoms with Gasteiger partial charge in [0, 0.05) is 37.9 Å². The number of nitrogens with zero attached hydrogens (tertiary/aromatic N) is 2. The van der Waals surface area contributed by atoms with Gasteiger partial charge in [-0.05, 0) is 62.8 Å². The molecule has 33 heavy (non-hydrogen) atoms. The third-order valence-corrected chi connectivity index (χ3v) is 4.76. The van der Waals surface area contributed by atoms with E-state index < -0.39 is 11.9 Å². The van der Waals surface area contributed by atoms with Gasteiger partial charge in [-0.25, -0.2) is 9.59 Å². The first kappa shape index (κ1) is 30.7. The number of aryl methyl sites for hydroxylation is 2. The maximum atomic E-state index is 10.4. The van der Waals surface area contributed by atoms with E-state index in [1.165, 1.54) is 11.9 Å². The number of rotatable bonds is 14. The second kappa shape index (κ2) is 19.2. The molecule has 0 atom stereocenters. The fraction of sp³-hybridized carbons (Fsp3) is 0.417. The van der Waals surface area contributed by atoms with Gasteiger partial charge in [0.1, 0.15) is 11.9 Å². The van der Waals surface area contributed by atoms with E-state index in [4.69, 9.17) is 0 Å². The van der Waals surface area contributed by atoms with Gasteiger partial charge in [-0.1, -0.05) is 12.8 Å². The molecule has 2 heterocycles. The first-order valence-corrected chi connectivity index (χ1v) is 10.6. The fourth-order valence-corrected chi connectivity index (χ4v) is 2.97. The van der Waals surface area contributed by atoms with Crippen molar-refractivity contribution in [3.8, 4) is 0 Å². The predicted octanol–water partition coefficient (Wildman–Crippen LogP) is 0.732. The number of hydrogen-bond acceptors (Lipinski definition) is 6. The number of carbonyl (C=O) groups is 2. The van der Waals surface area contributed by atoms with Crippen LogP contribution in [0.2, 0.25) is 0 Å². The van der Waals surface area contributed by atoms with E-state index in [1.807, 2.05) is 49.1 Å². The predicted molar refractivity (Wildman–Crippen MR) is 120 cm³/mol. The van der Waals surface area contributed by atoms with Gasteiger partial charge in [-0.2, -0.15) is 0 Å². The Balaban J connectivity index is 0.000000602. The minimum absolute atomic E-state index is 0. The summed E-state index contributed by atoms with van der Waals surface area (Å²) < 4.78 is 4.13. The Morgan fingerprint density at radius 2 is 0.939 bits per heavy atom. The molecule has 0 fully saturated rings. The average molecular weight is 481 g/mol. The Hall–Kier alpha value is -2.34. The maximum absolute atomic E-state index is 10.4. The number of unbranched alkanes of at least 4 members (excludes halogenated alkanes) is 4. The van der Waals surface area contributed by atoms with E-state index in [1.54, 1.807) is 0 Å². The van der Waals surface area contributed by atoms with E-state index >= 15 is 0 Å². The molecule has 0 aliphatic carbocycles. The molecule has 0 aromatic carbocycles. The summed E-state index contributed by atoms with van der Waals surface area (Å²) in [5.41, 5.74) is -0.526. The van der Waals surface area contributed by atoms with Crippen molar-refractivity contribution < 1.29 is 29.4 Å². The summed E-state index contributed by atoms with van der Waals surface area (Å²) in [7, 11) is 0. The van der Waals surface area contributed by atoms with Crippen LogP contribution in [0.4, 0.5) is 0 Å². The van der Waals surface area contributed by atoms with Gasteiger partial charge in [0.05, 0.1) is 23.1 Å². The molecule has 8 nitrogen and oxygen atoms in total. The largest absolute Gasteiger partial charge is 2.00 e. The number of carboxylic acid groups (broad SMARTS) is 2. The van der Waals surface area contributed by atoms with Gasteiger partial charge in [0.2, 0.25) is 0 Å². The average Bonchev–Trinajstić information content (AvgIpc) is 3.47. The van der Waals surface area contributed by atoms with E-state index in [9.17, 15) is 29.4 Å². The van der Waals surface area contributed by atoms with Crippen LogP contribution in [0, 0.1) is 0 Å². The second-order valence-corrected chi connectivity index (χ2v) is 7.20. The molecule has 2 aromatic rings. The Kier molecular flexibility index (Phi) is 17.8. The standard InChI is InChI=1S/2C12H15NO3.Ca/c2*14-10-11(12(15)16)6-2-1-3-7-13-8-4-5-9-13;/h2*4-5,8-9H,1-3,6-7H2,(H,15,16);/q;;+2/p-2. The first-order valence-electron chi connectivity index (χ1n) is 10.6. The van der Waals surface area contributed by atoms with Crippen LogP contribution in [0.15, 0.2) is 60.2 Å². The molecule has 0 unspecified atom stereocenters. The molecule has 0 bridgehead atoms. The van der Waals surface area contributed by atoms with E-state index in [2.05, 4.69) is 9.13 Å².